The number of anilines is 3. The van der Waals surface area contributed by atoms with Crippen LogP contribution in [0.15, 0.2) is 76.5 Å². The Hall–Kier alpha value is -4.77. The van der Waals surface area contributed by atoms with E-state index in [9.17, 15) is 51.4 Å². The molecular weight excluding hydrogens is 704 g/mol. The second kappa shape index (κ2) is 11.5. The van der Waals surface area contributed by atoms with E-state index in [1.807, 2.05) is 0 Å². The number of nitrogens with one attached hydrogen (secondary N) is 1. The van der Waals surface area contributed by atoms with Gasteiger partial charge in [-0.05, 0) is 54.6 Å². The molecule has 0 radical (unpaired) electrons. The minimum absolute atomic E-state index is 0.00717. The van der Waals surface area contributed by atoms with Gasteiger partial charge in [0.15, 0.2) is 5.69 Å². The van der Waals surface area contributed by atoms with E-state index < -0.39 is 60.3 Å². The Balaban J connectivity index is 1.42. The van der Waals surface area contributed by atoms with E-state index in [0.29, 0.717) is 0 Å². The van der Waals surface area contributed by atoms with E-state index in [4.69, 9.17) is 34.8 Å². The Morgan fingerprint density at radius 3 is 1.74 bits per heavy atom. The summed E-state index contributed by atoms with van der Waals surface area (Å²) in [4.78, 5) is 46.7. The standard InChI is InChI=1S/C27H12Cl3F3N4O8S/c28-18-11-17-21(23(30)22(18)29)26(39)35(25(17)38)14-3-7-16(8-4-14)46(44,45)15-5-1-13(2-6-15)34-24-19(36(40)41)9-12(27(31,32)33)10-20(24)37(42)43/h1-11,34H. The molecule has 0 aliphatic carbocycles. The monoisotopic (exact) mass is 714 g/mol. The van der Waals surface area contributed by atoms with Crippen LogP contribution >= 0.6 is 34.8 Å². The number of carbonyl (C=O) groups excluding carboxylic acids is 2. The first-order chi connectivity index (χ1) is 21.4. The summed E-state index contributed by atoms with van der Waals surface area (Å²) in [6.07, 6.45) is -5.11. The van der Waals surface area contributed by atoms with Gasteiger partial charge in [0.1, 0.15) is 0 Å². The van der Waals surface area contributed by atoms with Crippen LogP contribution < -0.4 is 10.2 Å². The number of hydrogen-bond donors (Lipinski definition) is 1. The van der Waals surface area contributed by atoms with Crippen LogP contribution in [-0.4, -0.2) is 30.1 Å². The van der Waals surface area contributed by atoms with Crippen molar-refractivity contribution in [1.82, 2.24) is 0 Å². The number of nitrogens with zero attached hydrogens (tertiary/aromatic N) is 3. The van der Waals surface area contributed by atoms with Gasteiger partial charge in [0.25, 0.3) is 23.2 Å². The van der Waals surface area contributed by atoms with Crippen molar-refractivity contribution in [2.24, 2.45) is 0 Å². The highest BCUT2D eigenvalue weighted by atomic mass is 35.5. The highest BCUT2D eigenvalue weighted by Gasteiger charge is 2.40. The lowest BCUT2D eigenvalue weighted by molar-refractivity contribution is -0.392. The zero-order valence-electron chi connectivity index (χ0n) is 22.1. The van der Waals surface area contributed by atoms with Crippen molar-refractivity contribution in [2.45, 2.75) is 16.0 Å². The molecule has 5 rings (SSSR count). The fourth-order valence-corrected chi connectivity index (χ4v) is 6.44. The largest absolute Gasteiger partial charge is 0.416 e. The SMILES string of the molecule is O=C1c2cc(Cl)c(Cl)c(Cl)c2C(=O)N1c1ccc(S(=O)(=O)c2ccc(Nc3c([N+](=O)[O-])cc(C(F)(F)F)cc3[N+](=O)[O-])cc2)cc1. The zero-order valence-corrected chi connectivity index (χ0v) is 25.2. The van der Waals surface area contributed by atoms with Gasteiger partial charge in [0, 0.05) is 17.8 Å². The number of nitro groups is 2. The van der Waals surface area contributed by atoms with Crippen molar-refractivity contribution in [2.75, 3.05) is 10.2 Å². The average molecular weight is 716 g/mol. The lowest BCUT2D eigenvalue weighted by atomic mass is 10.1. The number of carbonyl (C=O) groups is 2. The van der Waals surface area contributed by atoms with Crippen molar-refractivity contribution in [1.29, 1.82) is 0 Å². The number of rotatable bonds is 7. The summed E-state index contributed by atoms with van der Waals surface area (Å²) in [5.74, 6) is -1.58. The number of halogens is 6. The molecule has 0 aromatic heterocycles. The summed E-state index contributed by atoms with van der Waals surface area (Å²) in [6.45, 7) is 0. The summed E-state index contributed by atoms with van der Waals surface area (Å²) in [5.41, 5.74) is -5.30. The highest BCUT2D eigenvalue weighted by molar-refractivity contribution is 7.91. The lowest BCUT2D eigenvalue weighted by Gasteiger charge is -2.15. The number of hydrogen-bond acceptors (Lipinski definition) is 9. The lowest BCUT2D eigenvalue weighted by Crippen LogP contribution is -2.29. The van der Waals surface area contributed by atoms with E-state index >= 15 is 0 Å². The molecule has 236 valence electrons. The molecule has 2 amide bonds. The number of alkyl halides is 3. The van der Waals surface area contributed by atoms with Gasteiger partial charge in [-0.2, -0.15) is 13.2 Å². The number of imide groups is 1. The average Bonchev–Trinajstić information content (AvgIpc) is 3.24. The first kappa shape index (κ1) is 32.6. The topological polar surface area (TPSA) is 170 Å². The van der Waals surface area contributed by atoms with Gasteiger partial charge >= 0.3 is 6.18 Å². The first-order valence-electron chi connectivity index (χ1n) is 12.3. The van der Waals surface area contributed by atoms with Crippen molar-refractivity contribution in [3.05, 3.63) is 119 Å². The summed E-state index contributed by atoms with van der Waals surface area (Å²) < 4.78 is 66.1. The van der Waals surface area contributed by atoms with Crippen LogP contribution in [0.1, 0.15) is 26.3 Å². The Bertz CT molecular complexity index is 2080. The molecule has 0 unspecified atom stereocenters. The predicted octanol–water partition coefficient (Wildman–Crippen LogP) is 7.86. The maximum atomic E-state index is 13.3. The van der Waals surface area contributed by atoms with Gasteiger partial charge < -0.3 is 5.32 Å². The van der Waals surface area contributed by atoms with Crippen molar-refractivity contribution in [3.63, 3.8) is 0 Å². The van der Waals surface area contributed by atoms with Gasteiger partial charge in [-0.25, -0.2) is 13.3 Å². The predicted molar refractivity (Wildman–Crippen MR) is 159 cm³/mol. The number of fused-ring (bicyclic) bond motifs is 1. The Morgan fingerprint density at radius 2 is 1.26 bits per heavy atom. The van der Waals surface area contributed by atoms with Crippen LogP contribution in [0.2, 0.25) is 15.1 Å². The summed E-state index contributed by atoms with van der Waals surface area (Å²) in [5, 5.41) is 24.9. The third-order valence-corrected chi connectivity index (χ3v) is 9.72. The van der Waals surface area contributed by atoms with Gasteiger partial charge in [-0.3, -0.25) is 29.8 Å². The molecule has 0 saturated heterocycles. The fraction of sp³-hybridized carbons (Fsp3) is 0.0370. The maximum Gasteiger partial charge on any atom is 0.416 e. The number of benzene rings is 4. The Labute approximate surface area is 270 Å². The molecule has 46 heavy (non-hydrogen) atoms. The molecule has 12 nitrogen and oxygen atoms in total. The van der Waals surface area contributed by atoms with E-state index in [1.165, 1.54) is 18.2 Å². The smallest absolute Gasteiger partial charge is 0.344 e. The fourth-order valence-electron chi connectivity index (χ4n) is 4.50. The van der Waals surface area contributed by atoms with Crippen LogP contribution in [0.3, 0.4) is 0 Å². The molecular formula is C27H12Cl3F3N4O8S. The third-order valence-electron chi connectivity index (χ3n) is 6.67. The van der Waals surface area contributed by atoms with Crippen LogP contribution in [0.4, 0.5) is 41.6 Å². The van der Waals surface area contributed by atoms with Crippen LogP contribution in [0, 0.1) is 20.2 Å². The Morgan fingerprint density at radius 1 is 0.761 bits per heavy atom. The van der Waals surface area contributed by atoms with Gasteiger partial charge in [-0.1, -0.05) is 34.8 Å². The number of amides is 2. The molecule has 0 saturated carbocycles. The maximum absolute atomic E-state index is 13.3. The summed E-state index contributed by atoms with van der Waals surface area (Å²) >= 11 is 18.1. The van der Waals surface area contributed by atoms with E-state index in [1.54, 1.807) is 0 Å². The van der Waals surface area contributed by atoms with Crippen LogP contribution in [0.25, 0.3) is 0 Å². The molecule has 19 heteroatoms. The van der Waals surface area contributed by atoms with Crippen molar-refractivity contribution < 1.29 is 41.0 Å². The van der Waals surface area contributed by atoms with E-state index in [0.717, 1.165) is 41.3 Å². The van der Waals surface area contributed by atoms with Gasteiger partial charge in [0.05, 0.1) is 57.1 Å². The molecule has 4 aromatic carbocycles. The van der Waals surface area contributed by atoms with Crippen LogP contribution in [-0.2, 0) is 16.0 Å². The molecule has 0 bridgehead atoms. The quantitative estimate of drug-likeness (QED) is 0.0866. The second-order valence-corrected chi connectivity index (χ2v) is 12.5. The van der Waals surface area contributed by atoms with Gasteiger partial charge in [0.2, 0.25) is 9.84 Å². The Kier molecular flexibility index (Phi) is 8.19. The summed E-state index contributed by atoms with van der Waals surface area (Å²) in [6, 6.07) is 10.4. The normalized spacial score (nSPS) is 13.1. The molecule has 0 fully saturated rings. The minimum atomic E-state index is -5.11. The van der Waals surface area contributed by atoms with Crippen molar-refractivity contribution in [3.8, 4) is 0 Å². The molecule has 4 aromatic rings. The van der Waals surface area contributed by atoms with Gasteiger partial charge in [-0.15, -0.1) is 0 Å². The number of sulfone groups is 1. The zero-order chi connectivity index (χ0) is 33.9. The molecule has 1 aliphatic rings. The van der Waals surface area contributed by atoms with Crippen molar-refractivity contribution >= 4 is 84.9 Å². The number of nitro benzene ring substituents is 2. The molecule has 1 aliphatic heterocycles. The van der Waals surface area contributed by atoms with E-state index in [2.05, 4.69) is 5.32 Å². The highest BCUT2D eigenvalue weighted by Crippen LogP contribution is 2.43. The third kappa shape index (κ3) is 5.60. The molecule has 0 atom stereocenters. The first-order valence-corrected chi connectivity index (χ1v) is 14.9. The van der Waals surface area contributed by atoms with Crippen LogP contribution in [0.5, 0.6) is 0 Å². The molecule has 1 N–H and O–H groups in total. The molecule has 1 heterocycles. The summed E-state index contributed by atoms with van der Waals surface area (Å²) in [7, 11) is -4.25. The van der Waals surface area contributed by atoms with E-state index in [-0.39, 0.29) is 59.5 Å². The minimum Gasteiger partial charge on any atom is -0.344 e. The second-order valence-electron chi connectivity index (χ2n) is 9.40. The molecule has 0 spiro atoms.